The van der Waals surface area contributed by atoms with Crippen molar-refractivity contribution < 1.29 is 8.42 Å². The molecule has 1 N–H and O–H groups in total. The maximum Gasteiger partial charge on any atom is 0.269 e. The molecule has 1 aromatic carbocycles. The van der Waals surface area contributed by atoms with Crippen LogP contribution in [0.15, 0.2) is 47.2 Å². The van der Waals surface area contributed by atoms with Crippen LogP contribution in [0.4, 0.5) is 5.69 Å². The summed E-state index contributed by atoms with van der Waals surface area (Å²) in [7, 11) is -3.63. The number of fused-ring (bicyclic) bond motifs is 1. The van der Waals surface area contributed by atoms with Crippen LogP contribution in [0.25, 0.3) is 11.0 Å². The molecule has 1 aliphatic heterocycles. The lowest BCUT2D eigenvalue weighted by Gasteiger charge is -2.29. The highest BCUT2D eigenvalue weighted by molar-refractivity contribution is 7.94. The number of hydrogen-bond donors (Lipinski definition) is 1. The van der Waals surface area contributed by atoms with Crippen LogP contribution in [0, 0.1) is 0 Å². The Bertz CT molecular complexity index is 966. The third-order valence-corrected chi connectivity index (χ3v) is 6.71. The Morgan fingerprint density at radius 2 is 1.88 bits per heavy atom. The number of imidazole rings is 1. The fraction of sp³-hybridized carbons (Fsp3) is 0.389. The lowest BCUT2D eigenvalue weighted by Crippen LogP contribution is -2.43. The van der Waals surface area contributed by atoms with Gasteiger partial charge in [-0.25, -0.2) is 17.4 Å². The first-order chi connectivity index (χ1) is 12.1. The van der Waals surface area contributed by atoms with Gasteiger partial charge in [0.15, 0.2) is 0 Å². The van der Waals surface area contributed by atoms with Gasteiger partial charge in [-0.3, -0.25) is 0 Å². The summed E-state index contributed by atoms with van der Waals surface area (Å²) < 4.78 is 27.6. The second kappa shape index (κ2) is 6.31. The normalized spacial score (nSPS) is 19.0. The van der Waals surface area contributed by atoms with Crippen LogP contribution >= 0.6 is 0 Å². The molecule has 0 unspecified atom stereocenters. The van der Waals surface area contributed by atoms with Crippen molar-refractivity contribution in [3.63, 3.8) is 0 Å². The molecule has 2 aliphatic rings. The minimum Gasteiger partial charge on any atom is -0.367 e. The number of benzene rings is 1. The third kappa shape index (κ3) is 2.77. The summed E-state index contributed by atoms with van der Waals surface area (Å²) in [6, 6.07) is 5.75. The van der Waals surface area contributed by atoms with E-state index in [1.165, 1.54) is 10.3 Å². The van der Waals surface area contributed by atoms with E-state index in [0.29, 0.717) is 10.4 Å². The minimum atomic E-state index is -3.63. The number of piperazine rings is 1. The fourth-order valence-electron chi connectivity index (χ4n) is 3.54. The molecule has 0 bridgehead atoms. The Morgan fingerprint density at radius 3 is 2.64 bits per heavy atom. The Labute approximate surface area is 147 Å². The molecular weight excluding hydrogens is 336 g/mol. The molecule has 6 nitrogen and oxygen atoms in total. The SMILES string of the molecule is CC1=CCCC=C1S(=O)(=O)n1cnc2c(N3CCNCC3)cccc21. The molecule has 0 radical (unpaired) electrons. The van der Waals surface area contributed by atoms with E-state index in [9.17, 15) is 8.42 Å². The zero-order valence-corrected chi connectivity index (χ0v) is 15.1. The smallest absolute Gasteiger partial charge is 0.269 e. The van der Waals surface area contributed by atoms with Gasteiger partial charge in [-0.2, -0.15) is 0 Å². The second-order valence-electron chi connectivity index (χ2n) is 6.46. The Hall–Kier alpha value is -2.12. The van der Waals surface area contributed by atoms with Gasteiger partial charge in [0.1, 0.15) is 11.8 Å². The highest BCUT2D eigenvalue weighted by Gasteiger charge is 2.26. The Balaban J connectivity index is 1.82. The van der Waals surface area contributed by atoms with Crippen LogP contribution in [-0.2, 0) is 10.0 Å². The van der Waals surface area contributed by atoms with Crippen LogP contribution in [-0.4, -0.2) is 43.6 Å². The number of nitrogens with one attached hydrogen (secondary N) is 1. The van der Waals surface area contributed by atoms with Gasteiger partial charge in [0.05, 0.1) is 16.1 Å². The molecule has 7 heteroatoms. The molecule has 2 heterocycles. The number of rotatable bonds is 3. The van der Waals surface area contributed by atoms with E-state index in [-0.39, 0.29) is 0 Å². The predicted octanol–water partition coefficient (Wildman–Crippen LogP) is 2.25. The molecular formula is C18H22N4O2S. The Kier molecular flexibility index (Phi) is 4.13. The summed E-state index contributed by atoms with van der Waals surface area (Å²) in [6.45, 7) is 5.49. The van der Waals surface area contributed by atoms with Crippen molar-refractivity contribution in [2.75, 3.05) is 31.1 Å². The number of anilines is 1. The van der Waals surface area contributed by atoms with E-state index in [2.05, 4.69) is 15.2 Å². The zero-order chi connectivity index (χ0) is 17.4. The molecule has 1 aliphatic carbocycles. The summed E-state index contributed by atoms with van der Waals surface area (Å²) in [5.41, 5.74) is 3.19. The highest BCUT2D eigenvalue weighted by atomic mass is 32.2. The summed E-state index contributed by atoms with van der Waals surface area (Å²) in [5, 5.41) is 3.33. The zero-order valence-electron chi connectivity index (χ0n) is 14.3. The van der Waals surface area contributed by atoms with Gasteiger partial charge >= 0.3 is 0 Å². The maximum atomic E-state index is 13.2. The summed E-state index contributed by atoms with van der Waals surface area (Å²) in [6.07, 6.45) is 6.89. The average molecular weight is 358 g/mol. The molecule has 0 atom stereocenters. The van der Waals surface area contributed by atoms with Crippen molar-refractivity contribution in [1.29, 1.82) is 0 Å². The topological polar surface area (TPSA) is 67.2 Å². The predicted molar refractivity (Wildman–Crippen MR) is 100 cm³/mol. The van der Waals surface area contributed by atoms with Gasteiger partial charge in [0.25, 0.3) is 10.0 Å². The summed E-state index contributed by atoms with van der Waals surface area (Å²) in [5.74, 6) is 0. The molecule has 132 valence electrons. The number of para-hydroxylation sites is 1. The van der Waals surface area contributed by atoms with Gasteiger partial charge in [0, 0.05) is 26.2 Å². The molecule has 0 amide bonds. The van der Waals surface area contributed by atoms with Gasteiger partial charge < -0.3 is 10.2 Å². The van der Waals surface area contributed by atoms with Gasteiger partial charge in [-0.15, -0.1) is 0 Å². The van der Waals surface area contributed by atoms with E-state index < -0.39 is 10.0 Å². The van der Waals surface area contributed by atoms with Crippen molar-refractivity contribution in [1.82, 2.24) is 14.3 Å². The largest absolute Gasteiger partial charge is 0.367 e. The van der Waals surface area contributed by atoms with Crippen LogP contribution in [0.1, 0.15) is 19.8 Å². The molecule has 4 rings (SSSR count). The first kappa shape index (κ1) is 16.4. The summed E-state index contributed by atoms with van der Waals surface area (Å²) >= 11 is 0. The second-order valence-corrected chi connectivity index (χ2v) is 8.24. The number of allylic oxidation sites excluding steroid dienone is 3. The molecule has 1 aromatic heterocycles. The van der Waals surface area contributed by atoms with Gasteiger partial charge in [-0.05, 0) is 37.5 Å². The van der Waals surface area contributed by atoms with Gasteiger partial charge in [-0.1, -0.05) is 18.2 Å². The number of hydrogen-bond acceptors (Lipinski definition) is 5. The van der Waals surface area contributed by atoms with E-state index in [1.54, 1.807) is 0 Å². The van der Waals surface area contributed by atoms with E-state index in [0.717, 1.165) is 55.8 Å². The lowest BCUT2D eigenvalue weighted by molar-refractivity contribution is 0.590. The quantitative estimate of drug-likeness (QED) is 0.911. The molecule has 25 heavy (non-hydrogen) atoms. The third-order valence-electron chi connectivity index (χ3n) is 4.85. The number of nitrogens with zero attached hydrogens (tertiary/aromatic N) is 3. The van der Waals surface area contributed by atoms with Crippen LogP contribution in [0.5, 0.6) is 0 Å². The van der Waals surface area contributed by atoms with Crippen LogP contribution in [0.3, 0.4) is 0 Å². The summed E-state index contributed by atoms with van der Waals surface area (Å²) in [4.78, 5) is 7.11. The van der Waals surface area contributed by atoms with Gasteiger partial charge in [0.2, 0.25) is 0 Å². The van der Waals surface area contributed by atoms with Crippen LogP contribution in [0.2, 0.25) is 0 Å². The average Bonchev–Trinajstić information content (AvgIpc) is 3.07. The lowest BCUT2D eigenvalue weighted by atomic mass is 10.1. The van der Waals surface area contributed by atoms with E-state index in [4.69, 9.17) is 0 Å². The van der Waals surface area contributed by atoms with Crippen LogP contribution < -0.4 is 10.2 Å². The van der Waals surface area contributed by atoms with E-state index >= 15 is 0 Å². The molecule has 0 spiro atoms. The molecule has 1 saturated heterocycles. The fourth-order valence-corrected chi connectivity index (χ4v) is 5.15. The molecule has 1 fully saturated rings. The number of aromatic nitrogens is 2. The minimum absolute atomic E-state index is 0.394. The highest BCUT2D eigenvalue weighted by Crippen LogP contribution is 2.31. The van der Waals surface area contributed by atoms with Crippen molar-refractivity contribution in [2.24, 2.45) is 0 Å². The Morgan fingerprint density at radius 1 is 1.12 bits per heavy atom. The first-order valence-electron chi connectivity index (χ1n) is 8.63. The molecule has 0 saturated carbocycles. The molecule has 2 aromatic rings. The maximum absolute atomic E-state index is 13.2. The van der Waals surface area contributed by atoms with Crippen molar-refractivity contribution in [3.8, 4) is 0 Å². The monoisotopic (exact) mass is 358 g/mol. The first-order valence-corrected chi connectivity index (χ1v) is 10.1. The van der Waals surface area contributed by atoms with Crippen molar-refractivity contribution in [2.45, 2.75) is 19.8 Å². The standard InChI is InChI=1S/C18H22N4O2S/c1-14-5-2-3-8-17(14)25(23,24)22-13-20-18-15(6-4-7-16(18)22)21-11-9-19-10-12-21/h4-8,13,19H,2-3,9-12H2,1H3. The van der Waals surface area contributed by atoms with Crippen molar-refractivity contribution in [3.05, 3.63) is 47.2 Å². The van der Waals surface area contributed by atoms with Crippen molar-refractivity contribution >= 4 is 26.7 Å². The van der Waals surface area contributed by atoms with E-state index in [1.807, 2.05) is 37.3 Å².